The number of benzene rings is 3. The molecule has 0 radical (unpaired) electrons. The maximum Gasteiger partial charge on any atom is 0.277 e. The first kappa shape index (κ1) is 12.3. The first-order valence-corrected chi connectivity index (χ1v) is 6.09. The summed E-state index contributed by atoms with van der Waals surface area (Å²) < 4.78 is 13.4. The van der Waals surface area contributed by atoms with E-state index in [1.165, 1.54) is 18.2 Å². The molecule has 3 aromatic rings. The van der Waals surface area contributed by atoms with Gasteiger partial charge in [0.1, 0.15) is 5.82 Å². The van der Waals surface area contributed by atoms with Crippen LogP contribution >= 0.6 is 0 Å². The molecule has 0 fully saturated rings. The van der Waals surface area contributed by atoms with Gasteiger partial charge < -0.3 is 0 Å². The van der Waals surface area contributed by atoms with Gasteiger partial charge in [0.15, 0.2) is 0 Å². The van der Waals surface area contributed by atoms with E-state index in [9.17, 15) is 14.5 Å². The Morgan fingerprint density at radius 1 is 0.950 bits per heavy atom. The van der Waals surface area contributed by atoms with Gasteiger partial charge in [-0.3, -0.25) is 10.1 Å². The predicted molar refractivity (Wildman–Crippen MR) is 76.0 cm³/mol. The molecule has 20 heavy (non-hydrogen) atoms. The fourth-order valence-corrected chi connectivity index (χ4v) is 2.36. The molecule has 3 aromatic carbocycles. The van der Waals surface area contributed by atoms with E-state index in [1.807, 2.05) is 24.3 Å². The van der Waals surface area contributed by atoms with Crippen molar-refractivity contribution in [3.63, 3.8) is 0 Å². The summed E-state index contributed by atoms with van der Waals surface area (Å²) in [6, 6.07) is 16.4. The number of nitro benzene ring substituents is 1. The molecule has 98 valence electrons. The Kier molecular flexibility index (Phi) is 2.91. The van der Waals surface area contributed by atoms with Gasteiger partial charge in [-0.25, -0.2) is 4.39 Å². The zero-order valence-corrected chi connectivity index (χ0v) is 10.4. The SMILES string of the molecule is O=[N+]([O-])c1ccc2ccccc2c1-c1cccc(F)c1. The van der Waals surface area contributed by atoms with Crippen LogP contribution in [-0.4, -0.2) is 4.92 Å². The van der Waals surface area contributed by atoms with Crippen molar-refractivity contribution in [1.82, 2.24) is 0 Å². The number of nitrogens with zero attached hydrogens (tertiary/aromatic N) is 1. The van der Waals surface area contributed by atoms with E-state index in [-0.39, 0.29) is 5.69 Å². The Morgan fingerprint density at radius 2 is 1.75 bits per heavy atom. The molecular formula is C16H10FNO2. The predicted octanol–water partition coefficient (Wildman–Crippen LogP) is 4.55. The smallest absolute Gasteiger partial charge is 0.258 e. The molecule has 0 atom stereocenters. The fourth-order valence-electron chi connectivity index (χ4n) is 2.36. The van der Waals surface area contributed by atoms with E-state index < -0.39 is 10.7 Å². The van der Waals surface area contributed by atoms with E-state index in [1.54, 1.807) is 18.2 Å². The summed E-state index contributed by atoms with van der Waals surface area (Å²) >= 11 is 0. The molecule has 0 saturated heterocycles. The average Bonchev–Trinajstić information content (AvgIpc) is 2.46. The van der Waals surface area contributed by atoms with E-state index in [4.69, 9.17) is 0 Å². The molecule has 0 spiro atoms. The van der Waals surface area contributed by atoms with Gasteiger partial charge in [-0.15, -0.1) is 0 Å². The quantitative estimate of drug-likeness (QED) is 0.504. The maximum atomic E-state index is 13.4. The summed E-state index contributed by atoms with van der Waals surface area (Å²) in [5.41, 5.74) is 0.940. The van der Waals surface area contributed by atoms with Crippen molar-refractivity contribution in [2.75, 3.05) is 0 Å². The highest BCUT2D eigenvalue weighted by molar-refractivity contribution is 6.01. The Hall–Kier alpha value is -2.75. The summed E-state index contributed by atoms with van der Waals surface area (Å²) in [7, 11) is 0. The third-order valence-electron chi connectivity index (χ3n) is 3.22. The van der Waals surface area contributed by atoms with E-state index in [0.29, 0.717) is 11.1 Å². The number of fused-ring (bicyclic) bond motifs is 1. The molecule has 4 heteroatoms. The van der Waals surface area contributed by atoms with Gasteiger partial charge in [0.2, 0.25) is 0 Å². The summed E-state index contributed by atoms with van der Waals surface area (Å²) in [5, 5.41) is 12.9. The zero-order valence-electron chi connectivity index (χ0n) is 10.4. The second-order valence-electron chi connectivity index (χ2n) is 4.45. The lowest BCUT2D eigenvalue weighted by Gasteiger charge is -2.08. The molecule has 0 aliphatic rings. The first-order valence-electron chi connectivity index (χ1n) is 6.09. The lowest BCUT2D eigenvalue weighted by atomic mass is 9.96. The minimum absolute atomic E-state index is 0.0192. The second kappa shape index (κ2) is 4.74. The molecule has 0 aromatic heterocycles. The normalized spacial score (nSPS) is 10.7. The van der Waals surface area contributed by atoms with Crippen LogP contribution in [0.3, 0.4) is 0 Å². The Bertz CT molecular complexity index is 814. The highest BCUT2D eigenvalue weighted by Gasteiger charge is 2.18. The monoisotopic (exact) mass is 267 g/mol. The lowest BCUT2D eigenvalue weighted by molar-refractivity contribution is -0.384. The van der Waals surface area contributed by atoms with Crippen molar-refractivity contribution in [1.29, 1.82) is 0 Å². The Labute approximate surface area is 114 Å². The molecule has 0 N–H and O–H groups in total. The van der Waals surface area contributed by atoms with E-state index in [0.717, 1.165) is 10.8 Å². The number of rotatable bonds is 2. The molecular weight excluding hydrogens is 257 g/mol. The third kappa shape index (κ3) is 2.01. The van der Waals surface area contributed by atoms with Gasteiger partial charge in [0, 0.05) is 6.07 Å². The van der Waals surface area contributed by atoms with Crippen LogP contribution in [0, 0.1) is 15.9 Å². The number of nitro groups is 1. The van der Waals surface area contributed by atoms with Crippen LogP contribution in [0.25, 0.3) is 21.9 Å². The van der Waals surface area contributed by atoms with Crippen LogP contribution in [0.4, 0.5) is 10.1 Å². The summed E-state index contributed by atoms with van der Waals surface area (Å²) in [6.07, 6.45) is 0. The third-order valence-corrected chi connectivity index (χ3v) is 3.22. The van der Waals surface area contributed by atoms with Gasteiger partial charge in [-0.05, 0) is 34.5 Å². The number of hydrogen-bond donors (Lipinski definition) is 0. The van der Waals surface area contributed by atoms with E-state index >= 15 is 0 Å². The number of halogens is 1. The standard InChI is InChI=1S/C16H10FNO2/c17-13-6-3-5-12(10-13)16-14-7-2-1-4-11(14)8-9-15(16)18(19)20/h1-10H. The van der Waals surface area contributed by atoms with Gasteiger partial charge >= 0.3 is 0 Å². The summed E-state index contributed by atoms with van der Waals surface area (Å²) in [6.45, 7) is 0. The second-order valence-corrected chi connectivity index (χ2v) is 4.45. The zero-order chi connectivity index (χ0) is 14.1. The summed E-state index contributed by atoms with van der Waals surface area (Å²) in [5.74, 6) is -0.412. The minimum Gasteiger partial charge on any atom is -0.258 e. The van der Waals surface area contributed by atoms with Crippen molar-refractivity contribution in [2.45, 2.75) is 0 Å². The van der Waals surface area contributed by atoms with Gasteiger partial charge in [-0.1, -0.05) is 36.4 Å². The highest BCUT2D eigenvalue weighted by Crippen LogP contribution is 2.36. The van der Waals surface area contributed by atoms with Crippen LogP contribution in [0.5, 0.6) is 0 Å². The average molecular weight is 267 g/mol. The highest BCUT2D eigenvalue weighted by atomic mass is 19.1. The fraction of sp³-hybridized carbons (Fsp3) is 0. The van der Waals surface area contributed by atoms with Gasteiger partial charge in [-0.2, -0.15) is 0 Å². The van der Waals surface area contributed by atoms with Crippen molar-refractivity contribution < 1.29 is 9.31 Å². The number of hydrogen-bond acceptors (Lipinski definition) is 2. The Balaban J connectivity index is 2.41. The molecule has 0 unspecified atom stereocenters. The lowest BCUT2D eigenvalue weighted by Crippen LogP contribution is -1.93. The molecule has 3 rings (SSSR count). The molecule has 0 bridgehead atoms. The maximum absolute atomic E-state index is 13.4. The first-order chi connectivity index (χ1) is 9.66. The van der Waals surface area contributed by atoms with Crippen LogP contribution in [0.2, 0.25) is 0 Å². The molecule has 3 nitrogen and oxygen atoms in total. The van der Waals surface area contributed by atoms with Crippen molar-refractivity contribution in [2.24, 2.45) is 0 Å². The van der Waals surface area contributed by atoms with E-state index in [2.05, 4.69) is 0 Å². The van der Waals surface area contributed by atoms with Crippen LogP contribution < -0.4 is 0 Å². The molecule has 0 aliphatic carbocycles. The van der Waals surface area contributed by atoms with Crippen molar-refractivity contribution in [3.8, 4) is 11.1 Å². The van der Waals surface area contributed by atoms with Crippen LogP contribution in [-0.2, 0) is 0 Å². The van der Waals surface area contributed by atoms with Crippen molar-refractivity contribution >= 4 is 16.5 Å². The van der Waals surface area contributed by atoms with Gasteiger partial charge in [0.25, 0.3) is 5.69 Å². The van der Waals surface area contributed by atoms with Crippen LogP contribution in [0.15, 0.2) is 60.7 Å². The topological polar surface area (TPSA) is 43.1 Å². The van der Waals surface area contributed by atoms with Crippen molar-refractivity contribution in [3.05, 3.63) is 76.6 Å². The Morgan fingerprint density at radius 3 is 2.50 bits per heavy atom. The van der Waals surface area contributed by atoms with Gasteiger partial charge in [0.05, 0.1) is 10.5 Å². The minimum atomic E-state index is -0.438. The molecule has 0 heterocycles. The van der Waals surface area contributed by atoms with Crippen LogP contribution in [0.1, 0.15) is 0 Å². The molecule has 0 amide bonds. The largest absolute Gasteiger partial charge is 0.277 e. The molecule has 0 saturated carbocycles. The molecule has 0 aliphatic heterocycles. The summed E-state index contributed by atoms with van der Waals surface area (Å²) in [4.78, 5) is 10.8.